The van der Waals surface area contributed by atoms with Gasteiger partial charge in [-0.1, -0.05) is 42.5 Å². The first kappa shape index (κ1) is 21.4. The van der Waals surface area contributed by atoms with Crippen LogP contribution in [0, 0.1) is 0 Å². The molecule has 0 aliphatic rings. The molecule has 3 aromatic rings. The predicted octanol–water partition coefficient (Wildman–Crippen LogP) is 3.27. The number of benzene rings is 3. The van der Waals surface area contributed by atoms with Crippen LogP contribution < -0.4 is 16.0 Å². The minimum Gasteiger partial charge on any atom is -0.383 e. The summed E-state index contributed by atoms with van der Waals surface area (Å²) in [7, 11) is 1.58. The molecule has 0 fully saturated rings. The molecule has 0 atom stereocenters. The molecule has 0 heterocycles. The van der Waals surface area contributed by atoms with Crippen molar-refractivity contribution in [2.75, 3.05) is 25.6 Å². The fourth-order valence-corrected chi connectivity index (χ4v) is 3.26. The summed E-state index contributed by atoms with van der Waals surface area (Å²) in [6, 6.07) is 20.7. The van der Waals surface area contributed by atoms with Crippen molar-refractivity contribution in [3.05, 3.63) is 77.9 Å². The van der Waals surface area contributed by atoms with E-state index in [1.165, 1.54) is 0 Å². The highest BCUT2D eigenvalue weighted by Crippen LogP contribution is 2.18. The molecule has 7 heteroatoms. The predicted molar refractivity (Wildman–Crippen MR) is 123 cm³/mol. The van der Waals surface area contributed by atoms with Gasteiger partial charge < -0.3 is 20.7 Å². The lowest BCUT2D eigenvalue weighted by Crippen LogP contribution is -2.35. The first-order valence-electron chi connectivity index (χ1n) is 9.51. The lowest BCUT2D eigenvalue weighted by molar-refractivity contribution is -0.119. The van der Waals surface area contributed by atoms with Crippen LogP contribution >= 0.6 is 12.2 Å². The van der Waals surface area contributed by atoms with E-state index in [9.17, 15) is 9.59 Å². The van der Waals surface area contributed by atoms with E-state index in [0.717, 1.165) is 16.3 Å². The van der Waals surface area contributed by atoms with Crippen LogP contribution in [0.2, 0.25) is 0 Å². The molecular formula is C23H23N3O3S. The van der Waals surface area contributed by atoms with Crippen LogP contribution in [0.15, 0.2) is 66.7 Å². The third kappa shape index (κ3) is 5.85. The van der Waals surface area contributed by atoms with Crippen molar-refractivity contribution < 1.29 is 14.3 Å². The second-order valence-electron chi connectivity index (χ2n) is 6.64. The zero-order valence-corrected chi connectivity index (χ0v) is 17.4. The van der Waals surface area contributed by atoms with Crippen molar-refractivity contribution in [3.8, 4) is 0 Å². The smallest absolute Gasteiger partial charge is 0.251 e. The first-order chi connectivity index (χ1) is 14.6. The standard InChI is InChI=1S/C23H23N3O3S/c1-29-14-13-24-22(28)17-9-11-19(12-10-17)25-23(30)26-21(27)15-18-7-4-6-16-5-2-3-8-20(16)18/h2-12H,13-15H2,1H3,(H,24,28)(H2,25,26,27,30). The zero-order chi connectivity index (χ0) is 21.3. The molecule has 3 aromatic carbocycles. The van der Waals surface area contributed by atoms with E-state index in [1.807, 2.05) is 42.5 Å². The van der Waals surface area contributed by atoms with E-state index in [2.05, 4.69) is 16.0 Å². The van der Waals surface area contributed by atoms with Crippen LogP contribution in [0.5, 0.6) is 0 Å². The molecule has 0 radical (unpaired) electrons. The van der Waals surface area contributed by atoms with E-state index in [-0.39, 0.29) is 23.3 Å². The van der Waals surface area contributed by atoms with E-state index in [0.29, 0.717) is 24.4 Å². The summed E-state index contributed by atoms with van der Waals surface area (Å²) in [5.74, 6) is -0.373. The van der Waals surface area contributed by atoms with Crippen LogP contribution in [0.4, 0.5) is 5.69 Å². The molecule has 0 bridgehead atoms. The Kier molecular flexibility index (Phi) is 7.48. The molecule has 30 heavy (non-hydrogen) atoms. The van der Waals surface area contributed by atoms with Crippen LogP contribution in [-0.2, 0) is 16.0 Å². The minimum atomic E-state index is -0.196. The summed E-state index contributed by atoms with van der Waals surface area (Å²) in [6.07, 6.45) is 0.226. The molecule has 0 saturated heterocycles. The Morgan fingerprint density at radius 3 is 2.47 bits per heavy atom. The van der Waals surface area contributed by atoms with Gasteiger partial charge in [-0.15, -0.1) is 0 Å². The number of thiocarbonyl (C=S) groups is 1. The fourth-order valence-electron chi connectivity index (χ4n) is 3.03. The number of hydrogen-bond donors (Lipinski definition) is 3. The Balaban J connectivity index is 1.53. The maximum Gasteiger partial charge on any atom is 0.251 e. The Labute approximate surface area is 180 Å². The van der Waals surface area contributed by atoms with E-state index < -0.39 is 0 Å². The molecule has 2 amide bonds. The van der Waals surface area contributed by atoms with Gasteiger partial charge in [0.05, 0.1) is 13.0 Å². The summed E-state index contributed by atoms with van der Waals surface area (Å²) in [4.78, 5) is 24.4. The summed E-state index contributed by atoms with van der Waals surface area (Å²) in [6.45, 7) is 0.903. The fraction of sp³-hybridized carbons (Fsp3) is 0.174. The number of anilines is 1. The SMILES string of the molecule is COCCNC(=O)c1ccc(NC(=S)NC(=O)Cc2cccc3ccccc23)cc1. The topological polar surface area (TPSA) is 79.5 Å². The number of carbonyl (C=O) groups excluding carboxylic acids is 2. The van der Waals surface area contributed by atoms with E-state index >= 15 is 0 Å². The lowest BCUT2D eigenvalue weighted by Gasteiger charge is -2.11. The van der Waals surface area contributed by atoms with Gasteiger partial charge in [0.15, 0.2) is 5.11 Å². The average Bonchev–Trinajstić information content (AvgIpc) is 2.74. The number of amides is 2. The van der Waals surface area contributed by atoms with Gasteiger partial charge in [-0.2, -0.15) is 0 Å². The molecule has 0 saturated carbocycles. The zero-order valence-electron chi connectivity index (χ0n) is 16.6. The Morgan fingerprint density at radius 2 is 1.70 bits per heavy atom. The molecule has 0 aliphatic heterocycles. The molecule has 0 spiro atoms. The van der Waals surface area contributed by atoms with E-state index in [4.69, 9.17) is 17.0 Å². The second kappa shape index (κ2) is 10.5. The second-order valence-corrected chi connectivity index (χ2v) is 7.05. The number of fused-ring (bicyclic) bond motifs is 1. The van der Waals surface area contributed by atoms with Crippen molar-refractivity contribution in [1.29, 1.82) is 0 Å². The van der Waals surface area contributed by atoms with Crippen LogP contribution in [-0.4, -0.2) is 37.2 Å². The van der Waals surface area contributed by atoms with E-state index in [1.54, 1.807) is 31.4 Å². The minimum absolute atomic E-state index is 0.176. The quantitative estimate of drug-likeness (QED) is 0.403. The number of nitrogens with one attached hydrogen (secondary N) is 3. The molecule has 3 rings (SSSR count). The van der Waals surface area contributed by atoms with Gasteiger partial charge >= 0.3 is 0 Å². The highest BCUT2D eigenvalue weighted by atomic mass is 32.1. The van der Waals surface area contributed by atoms with Crippen molar-refractivity contribution in [2.24, 2.45) is 0 Å². The molecule has 6 nitrogen and oxygen atoms in total. The number of ether oxygens (including phenoxy) is 1. The molecular weight excluding hydrogens is 398 g/mol. The molecule has 0 unspecified atom stereocenters. The van der Waals surface area contributed by atoms with Crippen molar-refractivity contribution in [3.63, 3.8) is 0 Å². The van der Waals surface area contributed by atoms with Gasteiger partial charge in [0.25, 0.3) is 5.91 Å². The van der Waals surface area contributed by atoms with Gasteiger partial charge in [-0.25, -0.2) is 0 Å². The summed E-state index contributed by atoms with van der Waals surface area (Å²) in [5.41, 5.74) is 2.15. The Bertz CT molecular complexity index is 1050. The largest absolute Gasteiger partial charge is 0.383 e. The maximum absolute atomic E-state index is 12.4. The van der Waals surface area contributed by atoms with Crippen molar-refractivity contribution in [1.82, 2.24) is 10.6 Å². The normalized spacial score (nSPS) is 10.4. The van der Waals surface area contributed by atoms with Gasteiger partial charge in [-0.3, -0.25) is 9.59 Å². The van der Waals surface area contributed by atoms with Gasteiger partial charge in [-0.05, 0) is 52.8 Å². The molecule has 0 aliphatic carbocycles. The Hall–Kier alpha value is -3.29. The van der Waals surface area contributed by atoms with Crippen molar-refractivity contribution >= 4 is 45.6 Å². The molecule has 0 aromatic heterocycles. The summed E-state index contributed by atoms with van der Waals surface area (Å²) >= 11 is 5.24. The number of rotatable bonds is 7. The maximum atomic E-state index is 12.4. The highest BCUT2D eigenvalue weighted by molar-refractivity contribution is 7.80. The number of hydrogen-bond acceptors (Lipinski definition) is 4. The molecule has 154 valence electrons. The van der Waals surface area contributed by atoms with Crippen LogP contribution in [0.1, 0.15) is 15.9 Å². The van der Waals surface area contributed by atoms with Gasteiger partial charge in [0.1, 0.15) is 0 Å². The Morgan fingerprint density at radius 1 is 0.967 bits per heavy atom. The highest BCUT2D eigenvalue weighted by Gasteiger charge is 2.10. The van der Waals surface area contributed by atoms with Crippen LogP contribution in [0.25, 0.3) is 10.8 Å². The summed E-state index contributed by atoms with van der Waals surface area (Å²) < 4.78 is 4.91. The monoisotopic (exact) mass is 421 g/mol. The van der Waals surface area contributed by atoms with Crippen LogP contribution in [0.3, 0.4) is 0 Å². The van der Waals surface area contributed by atoms with Crippen molar-refractivity contribution in [2.45, 2.75) is 6.42 Å². The van der Waals surface area contributed by atoms with Gasteiger partial charge in [0.2, 0.25) is 5.91 Å². The summed E-state index contributed by atoms with van der Waals surface area (Å²) in [5, 5.41) is 10.8. The number of methoxy groups -OCH3 is 1. The third-order valence-corrected chi connectivity index (χ3v) is 4.68. The number of carbonyl (C=O) groups is 2. The molecule has 3 N–H and O–H groups in total. The lowest BCUT2D eigenvalue weighted by atomic mass is 10.0. The van der Waals surface area contributed by atoms with Gasteiger partial charge in [0, 0.05) is 24.9 Å². The average molecular weight is 422 g/mol. The third-order valence-electron chi connectivity index (χ3n) is 4.48. The first-order valence-corrected chi connectivity index (χ1v) is 9.92.